The number of rotatable bonds is 2. The first-order valence-electron chi connectivity index (χ1n) is 8.29. The molecule has 0 unspecified atom stereocenters. The van der Waals surface area contributed by atoms with Crippen LogP contribution < -0.4 is 0 Å². The van der Waals surface area contributed by atoms with Crippen molar-refractivity contribution < 1.29 is 4.79 Å². The number of hydrogen-bond donors (Lipinski definition) is 0. The molecule has 1 aromatic rings. The molecular formula is C19H24OS. The van der Waals surface area contributed by atoms with Crippen LogP contribution in [0.15, 0.2) is 18.2 Å². The maximum atomic E-state index is 12.1. The summed E-state index contributed by atoms with van der Waals surface area (Å²) in [6.45, 7) is 2.24. The van der Waals surface area contributed by atoms with Crippen molar-refractivity contribution in [2.24, 2.45) is 17.8 Å². The minimum atomic E-state index is 0.209. The highest BCUT2D eigenvalue weighted by Gasteiger charge is 2.51. The van der Waals surface area contributed by atoms with Crippen LogP contribution in [0.2, 0.25) is 0 Å². The Morgan fingerprint density at radius 1 is 1.10 bits per heavy atom. The topological polar surface area (TPSA) is 17.1 Å². The first-order chi connectivity index (χ1) is 10.1. The average Bonchev–Trinajstić information content (AvgIpc) is 2.45. The summed E-state index contributed by atoms with van der Waals surface area (Å²) in [6, 6.07) is 6.43. The maximum Gasteiger partial charge on any atom is 0.219 e. The van der Waals surface area contributed by atoms with E-state index in [0.29, 0.717) is 5.41 Å². The summed E-state index contributed by atoms with van der Waals surface area (Å²) in [5.74, 6) is 2.86. The van der Waals surface area contributed by atoms with Gasteiger partial charge in [0.25, 0.3) is 0 Å². The highest BCUT2D eigenvalue weighted by molar-refractivity contribution is 8.13. The molecule has 2 heteroatoms. The molecule has 4 bridgehead atoms. The molecule has 1 aromatic carbocycles. The Labute approximate surface area is 131 Å². The third-order valence-corrected chi connectivity index (χ3v) is 6.87. The van der Waals surface area contributed by atoms with Crippen molar-refractivity contribution in [1.29, 1.82) is 0 Å². The highest BCUT2D eigenvalue weighted by atomic mass is 32.2. The second kappa shape index (κ2) is 4.87. The minimum Gasteiger partial charge on any atom is -0.282 e. The highest BCUT2D eigenvalue weighted by Crippen LogP contribution is 2.61. The Hall–Kier alpha value is -0.760. The SMILES string of the molecule is CSC(=O)c1ccc(C)c(C23CC4CC(CC(C4)C2)C3)c1. The van der Waals surface area contributed by atoms with Crippen molar-refractivity contribution >= 4 is 16.9 Å². The van der Waals surface area contributed by atoms with E-state index in [1.54, 1.807) is 0 Å². The summed E-state index contributed by atoms with van der Waals surface area (Å²) < 4.78 is 0. The molecule has 5 rings (SSSR count). The molecule has 4 aliphatic rings. The fourth-order valence-electron chi connectivity index (χ4n) is 5.88. The van der Waals surface area contributed by atoms with E-state index < -0.39 is 0 Å². The zero-order valence-electron chi connectivity index (χ0n) is 13.0. The van der Waals surface area contributed by atoms with Crippen LogP contribution in [-0.2, 0) is 5.41 Å². The molecule has 21 heavy (non-hydrogen) atoms. The predicted molar refractivity (Wildman–Crippen MR) is 88.9 cm³/mol. The molecule has 0 spiro atoms. The molecule has 1 nitrogen and oxygen atoms in total. The van der Waals surface area contributed by atoms with Crippen molar-refractivity contribution in [1.82, 2.24) is 0 Å². The van der Waals surface area contributed by atoms with Gasteiger partial charge in [-0.05, 0) is 92.1 Å². The second-order valence-electron chi connectivity index (χ2n) is 7.72. The van der Waals surface area contributed by atoms with Gasteiger partial charge in [0, 0.05) is 5.56 Å². The van der Waals surface area contributed by atoms with Crippen LogP contribution in [0.1, 0.15) is 60.0 Å². The lowest BCUT2D eigenvalue weighted by molar-refractivity contribution is -0.00547. The van der Waals surface area contributed by atoms with Gasteiger partial charge in [0.1, 0.15) is 0 Å². The molecule has 112 valence electrons. The van der Waals surface area contributed by atoms with Crippen LogP contribution >= 0.6 is 11.8 Å². The van der Waals surface area contributed by atoms with Gasteiger partial charge in [-0.1, -0.05) is 23.9 Å². The Kier molecular flexibility index (Phi) is 3.22. The largest absolute Gasteiger partial charge is 0.282 e. The van der Waals surface area contributed by atoms with Gasteiger partial charge in [-0.25, -0.2) is 0 Å². The molecule has 4 saturated carbocycles. The quantitative estimate of drug-likeness (QED) is 0.767. The number of carbonyl (C=O) groups excluding carboxylic acids is 1. The van der Waals surface area contributed by atoms with E-state index in [-0.39, 0.29) is 5.12 Å². The van der Waals surface area contributed by atoms with Crippen LogP contribution in [0.4, 0.5) is 0 Å². The molecule has 0 aromatic heterocycles. The lowest BCUT2D eigenvalue weighted by Gasteiger charge is -2.57. The van der Waals surface area contributed by atoms with Crippen LogP contribution in [0.25, 0.3) is 0 Å². The summed E-state index contributed by atoms with van der Waals surface area (Å²) in [5, 5.41) is 0.209. The van der Waals surface area contributed by atoms with Crippen molar-refractivity contribution in [2.45, 2.75) is 50.9 Å². The summed E-state index contributed by atoms with van der Waals surface area (Å²) in [5.41, 5.74) is 4.20. The first kappa shape index (κ1) is 13.9. The molecule has 0 N–H and O–H groups in total. The predicted octanol–water partition coefficient (Wildman–Crippen LogP) is 4.97. The average molecular weight is 300 g/mol. The van der Waals surface area contributed by atoms with Crippen LogP contribution in [-0.4, -0.2) is 11.4 Å². The van der Waals surface area contributed by atoms with E-state index in [4.69, 9.17) is 0 Å². The third-order valence-electron chi connectivity index (χ3n) is 6.27. The normalized spacial score (nSPS) is 37.0. The monoisotopic (exact) mass is 300 g/mol. The second-order valence-corrected chi connectivity index (χ2v) is 8.50. The molecular weight excluding hydrogens is 276 g/mol. The number of benzene rings is 1. The maximum absolute atomic E-state index is 12.1. The summed E-state index contributed by atoms with van der Waals surface area (Å²) in [4.78, 5) is 12.1. The van der Waals surface area contributed by atoms with Crippen molar-refractivity contribution in [3.63, 3.8) is 0 Å². The summed E-state index contributed by atoms with van der Waals surface area (Å²) >= 11 is 1.33. The van der Waals surface area contributed by atoms with Crippen LogP contribution in [0.5, 0.6) is 0 Å². The minimum absolute atomic E-state index is 0.209. The Morgan fingerprint density at radius 3 is 2.19 bits per heavy atom. The van der Waals surface area contributed by atoms with E-state index in [2.05, 4.69) is 19.1 Å². The van der Waals surface area contributed by atoms with E-state index in [0.717, 1.165) is 23.3 Å². The van der Waals surface area contributed by atoms with Gasteiger partial charge in [-0.3, -0.25) is 4.79 Å². The lowest BCUT2D eigenvalue weighted by atomic mass is 9.47. The van der Waals surface area contributed by atoms with Gasteiger partial charge in [-0.2, -0.15) is 0 Å². The van der Waals surface area contributed by atoms with Gasteiger partial charge in [-0.15, -0.1) is 0 Å². The van der Waals surface area contributed by atoms with E-state index >= 15 is 0 Å². The van der Waals surface area contributed by atoms with Crippen molar-refractivity contribution in [3.05, 3.63) is 34.9 Å². The summed E-state index contributed by atoms with van der Waals surface area (Å²) in [6.07, 6.45) is 10.4. The Bertz CT molecular complexity index is 554. The van der Waals surface area contributed by atoms with Gasteiger partial charge in [0.05, 0.1) is 0 Å². The Balaban J connectivity index is 1.77. The van der Waals surface area contributed by atoms with Crippen LogP contribution in [0.3, 0.4) is 0 Å². The molecule has 0 aliphatic heterocycles. The third kappa shape index (κ3) is 2.18. The van der Waals surface area contributed by atoms with Crippen LogP contribution in [0, 0.1) is 24.7 Å². The Morgan fingerprint density at radius 2 is 1.67 bits per heavy atom. The summed E-state index contributed by atoms with van der Waals surface area (Å²) in [7, 11) is 0. The molecule has 0 radical (unpaired) electrons. The van der Waals surface area contributed by atoms with E-state index in [1.165, 1.54) is 61.4 Å². The number of thioether (sulfide) groups is 1. The number of hydrogen-bond acceptors (Lipinski definition) is 2. The molecule has 4 fully saturated rings. The van der Waals surface area contributed by atoms with Gasteiger partial charge in [0.15, 0.2) is 0 Å². The molecule has 0 heterocycles. The van der Waals surface area contributed by atoms with Crippen molar-refractivity contribution in [3.8, 4) is 0 Å². The first-order valence-corrected chi connectivity index (χ1v) is 9.51. The molecule has 4 aliphatic carbocycles. The van der Waals surface area contributed by atoms with Gasteiger partial charge in [0.2, 0.25) is 5.12 Å². The standard InChI is InChI=1S/C19H24OS/c1-12-3-4-16(18(20)21-2)8-17(12)19-9-13-5-14(10-19)7-15(6-13)11-19/h3-4,8,13-15H,5-7,9-11H2,1-2H3. The van der Waals surface area contributed by atoms with E-state index in [9.17, 15) is 4.79 Å². The zero-order chi connectivity index (χ0) is 14.6. The van der Waals surface area contributed by atoms with E-state index in [1.807, 2.05) is 12.3 Å². The van der Waals surface area contributed by atoms with Crippen molar-refractivity contribution in [2.75, 3.05) is 6.26 Å². The smallest absolute Gasteiger partial charge is 0.219 e. The van der Waals surface area contributed by atoms with Gasteiger partial charge < -0.3 is 0 Å². The lowest BCUT2D eigenvalue weighted by Crippen LogP contribution is -2.48. The fraction of sp³-hybridized carbons (Fsp3) is 0.632. The fourth-order valence-corrected chi connectivity index (χ4v) is 6.24. The molecule has 0 saturated heterocycles. The zero-order valence-corrected chi connectivity index (χ0v) is 13.8. The number of carbonyl (C=O) groups is 1. The molecule has 0 atom stereocenters. The molecule has 0 amide bonds. The number of aryl methyl sites for hydroxylation is 1. The van der Waals surface area contributed by atoms with Gasteiger partial charge >= 0.3 is 0 Å².